The van der Waals surface area contributed by atoms with E-state index in [0.717, 1.165) is 10.5 Å². The number of aromatic hydroxyl groups is 1. The highest BCUT2D eigenvalue weighted by atomic mass is 16.4. The number of aliphatic hydroxyl groups is 1. The molecule has 0 saturated carbocycles. The number of carbonyl (C=O) groups excluding carboxylic acids is 3. The lowest BCUT2D eigenvalue weighted by Crippen LogP contribution is -2.57. The number of carboxylic acid groups (broad SMARTS) is 1. The van der Waals surface area contributed by atoms with Crippen molar-refractivity contribution in [1.29, 1.82) is 0 Å². The average Bonchev–Trinajstić information content (AvgIpc) is 3.21. The summed E-state index contributed by atoms with van der Waals surface area (Å²) < 4.78 is 0. The topological polar surface area (TPSA) is 182 Å². The lowest BCUT2D eigenvalue weighted by Gasteiger charge is -2.28. The Hall–Kier alpha value is -3.18. The van der Waals surface area contributed by atoms with Gasteiger partial charge in [-0.05, 0) is 43.9 Å². The Morgan fingerprint density at radius 2 is 1.87 bits per heavy atom. The lowest BCUT2D eigenvalue weighted by molar-refractivity contribution is -0.150. The number of amides is 3. The summed E-state index contributed by atoms with van der Waals surface area (Å²) in [5, 5.41) is 33.2. The minimum absolute atomic E-state index is 0.0873. The molecule has 1 aromatic rings. The number of phenols is 1. The Kier molecular flexibility index (Phi) is 8.34. The predicted molar refractivity (Wildman–Crippen MR) is 109 cm³/mol. The van der Waals surface area contributed by atoms with Crippen LogP contribution in [0.3, 0.4) is 0 Å². The molecule has 4 atom stereocenters. The average molecular weight is 436 g/mol. The van der Waals surface area contributed by atoms with E-state index in [4.69, 9.17) is 5.73 Å². The third-order valence-electron chi connectivity index (χ3n) is 5.04. The minimum Gasteiger partial charge on any atom is -0.508 e. The molecule has 11 nitrogen and oxygen atoms in total. The van der Waals surface area contributed by atoms with Crippen molar-refractivity contribution in [3.8, 4) is 5.75 Å². The Morgan fingerprint density at radius 1 is 1.23 bits per heavy atom. The third kappa shape index (κ3) is 6.66. The fourth-order valence-electron chi connectivity index (χ4n) is 3.36. The van der Waals surface area contributed by atoms with Gasteiger partial charge < -0.3 is 36.6 Å². The molecular weight excluding hydrogens is 408 g/mol. The summed E-state index contributed by atoms with van der Waals surface area (Å²) in [6.07, 6.45) is -0.262. The SMILES string of the molecule is CC(O)C(NC(=O)CNC(=O)C(N)Cc1ccc(O)cc1)C(=O)N1CCCC1C(=O)O. The highest BCUT2D eigenvalue weighted by Gasteiger charge is 2.39. The molecule has 31 heavy (non-hydrogen) atoms. The van der Waals surface area contributed by atoms with Crippen molar-refractivity contribution in [2.45, 2.75) is 50.4 Å². The predicted octanol–water partition coefficient (Wildman–Crippen LogP) is -1.68. The van der Waals surface area contributed by atoms with E-state index in [2.05, 4.69) is 10.6 Å². The second-order valence-corrected chi connectivity index (χ2v) is 7.51. The minimum atomic E-state index is -1.34. The van der Waals surface area contributed by atoms with Crippen molar-refractivity contribution < 1.29 is 34.5 Å². The second kappa shape index (κ2) is 10.7. The second-order valence-electron chi connectivity index (χ2n) is 7.51. The van der Waals surface area contributed by atoms with Gasteiger partial charge in [-0.2, -0.15) is 0 Å². The Bertz CT molecular complexity index is 812. The molecule has 7 N–H and O–H groups in total. The maximum Gasteiger partial charge on any atom is 0.326 e. The fourth-order valence-corrected chi connectivity index (χ4v) is 3.36. The van der Waals surface area contributed by atoms with Crippen molar-refractivity contribution in [3.63, 3.8) is 0 Å². The van der Waals surface area contributed by atoms with E-state index >= 15 is 0 Å². The molecule has 0 spiro atoms. The molecule has 1 fully saturated rings. The molecule has 3 amide bonds. The van der Waals surface area contributed by atoms with Gasteiger partial charge in [0.1, 0.15) is 17.8 Å². The smallest absolute Gasteiger partial charge is 0.326 e. The van der Waals surface area contributed by atoms with Crippen molar-refractivity contribution in [2.75, 3.05) is 13.1 Å². The van der Waals surface area contributed by atoms with Gasteiger partial charge in [0.05, 0.1) is 18.7 Å². The van der Waals surface area contributed by atoms with Crippen LogP contribution in [0.25, 0.3) is 0 Å². The summed E-state index contributed by atoms with van der Waals surface area (Å²) in [6, 6.07) is 2.91. The first-order valence-electron chi connectivity index (χ1n) is 9.92. The summed E-state index contributed by atoms with van der Waals surface area (Å²) >= 11 is 0. The zero-order chi connectivity index (χ0) is 23.1. The molecule has 1 aliphatic heterocycles. The maximum absolute atomic E-state index is 12.7. The van der Waals surface area contributed by atoms with Crippen LogP contribution in [-0.4, -0.2) is 81.2 Å². The molecule has 0 aliphatic carbocycles. The molecule has 1 heterocycles. The van der Waals surface area contributed by atoms with E-state index in [-0.39, 0.29) is 18.7 Å². The van der Waals surface area contributed by atoms with Crippen LogP contribution in [-0.2, 0) is 25.6 Å². The number of carbonyl (C=O) groups is 4. The first kappa shape index (κ1) is 24.1. The zero-order valence-electron chi connectivity index (χ0n) is 17.2. The highest BCUT2D eigenvalue weighted by Crippen LogP contribution is 2.19. The number of nitrogens with two attached hydrogens (primary N) is 1. The molecule has 0 bridgehead atoms. The summed E-state index contributed by atoms with van der Waals surface area (Å²) in [5.41, 5.74) is 6.56. The number of hydrogen-bond acceptors (Lipinski definition) is 7. The number of aliphatic hydroxyl groups excluding tert-OH is 1. The molecule has 0 aromatic heterocycles. The molecule has 1 aromatic carbocycles. The van der Waals surface area contributed by atoms with E-state index in [0.29, 0.717) is 12.8 Å². The number of hydrogen-bond donors (Lipinski definition) is 6. The van der Waals surface area contributed by atoms with Gasteiger partial charge in [-0.25, -0.2) is 4.79 Å². The first-order valence-corrected chi connectivity index (χ1v) is 9.92. The first-order chi connectivity index (χ1) is 14.6. The van der Waals surface area contributed by atoms with Crippen LogP contribution in [0.2, 0.25) is 0 Å². The highest BCUT2D eigenvalue weighted by molar-refractivity contribution is 5.93. The zero-order valence-corrected chi connectivity index (χ0v) is 17.2. The van der Waals surface area contributed by atoms with Crippen LogP contribution in [0.5, 0.6) is 5.75 Å². The van der Waals surface area contributed by atoms with Crippen molar-refractivity contribution >= 4 is 23.7 Å². The maximum atomic E-state index is 12.7. The Labute approximate surface area is 179 Å². The van der Waals surface area contributed by atoms with Gasteiger partial charge in [0.25, 0.3) is 0 Å². The lowest BCUT2D eigenvalue weighted by atomic mass is 10.1. The molecule has 2 rings (SSSR count). The van der Waals surface area contributed by atoms with Crippen LogP contribution in [0.4, 0.5) is 0 Å². The number of nitrogens with zero attached hydrogens (tertiary/aromatic N) is 1. The van der Waals surface area contributed by atoms with E-state index in [1.54, 1.807) is 12.1 Å². The van der Waals surface area contributed by atoms with Gasteiger partial charge >= 0.3 is 5.97 Å². The van der Waals surface area contributed by atoms with Gasteiger partial charge in [0.15, 0.2) is 0 Å². The van der Waals surface area contributed by atoms with Gasteiger partial charge in [-0.15, -0.1) is 0 Å². The van der Waals surface area contributed by atoms with Crippen LogP contribution in [0.15, 0.2) is 24.3 Å². The number of phenolic OH excluding ortho intramolecular Hbond substituents is 1. The molecule has 170 valence electrons. The molecular formula is C20H28N4O7. The summed E-state index contributed by atoms with van der Waals surface area (Å²) in [6.45, 7) is 1.06. The third-order valence-corrected chi connectivity index (χ3v) is 5.04. The Morgan fingerprint density at radius 3 is 2.45 bits per heavy atom. The molecule has 1 aliphatic rings. The number of aliphatic carboxylic acids is 1. The fraction of sp³-hybridized carbons (Fsp3) is 0.500. The molecule has 1 saturated heterocycles. The standard InChI is InChI=1S/C20H28N4O7/c1-11(25)17(19(29)24-8-2-3-15(24)20(30)31)23-16(27)10-22-18(28)14(21)9-12-4-6-13(26)7-5-12/h4-7,11,14-15,17,25-26H,2-3,8-10,21H2,1H3,(H,22,28)(H,23,27)(H,30,31). The van der Waals surface area contributed by atoms with Crippen molar-refractivity contribution in [2.24, 2.45) is 5.73 Å². The van der Waals surface area contributed by atoms with Gasteiger partial charge in [-0.1, -0.05) is 12.1 Å². The summed E-state index contributed by atoms with van der Waals surface area (Å²) in [7, 11) is 0. The van der Waals surface area contributed by atoms with E-state index in [9.17, 15) is 34.5 Å². The van der Waals surface area contributed by atoms with Crippen molar-refractivity contribution in [1.82, 2.24) is 15.5 Å². The van der Waals surface area contributed by atoms with Gasteiger partial charge in [-0.3, -0.25) is 14.4 Å². The quantitative estimate of drug-likeness (QED) is 0.265. The van der Waals surface area contributed by atoms with Crippen LogP contribution < -0.4 is 16.4 Å². The summed E-state index contributed by atoms with van der Waals surface area (Å²) in [4.78, 5) is 49.5. The summed E-state index contributed by atoms with van der Waals surface area (Å²) in [5.74, 6) is -3.06. The van der Waals surface area contributed by atoms with E-state index < -0.39 is 54.5 Å². The van der Waals surface area contributed by atoms with Crippen LogP contribution in [0.1, 0.15) is 25.3 Å². The molecule has 11 heteroatoms. The van der Waals surface area contributed by atoms with Gasteiger partial charge in [0, 0.05) is 6.54 Å². The number of carboxylic acids is 1. The monoisotopic (exact) mass is 436 g/mol. The van der Waals surface area contributed by atoms with Crippen molar-refractivity contribution in [3.05, 3.63) is 29.8 Å². The van der Waals surface area contributed by atoms with E-state index in [1.807, 2.05) is 0 Å². The normalized spacial score (nSPS) is 18.7. The van der Waals surface area contributed by atoms with E-state index in [1.165, 1.54) is 19.1 Å². The molecule has 4 unspecified atom stereocenters. The number of rotatable bonds is 9. The largest absolute Gasteiger partial charge is 0.508 e. The number of nitrogens with one attached hydrogen (secondary N) is 2. The van der Waals surface area contributed by atoms with Crippen LogP contribution in [0, 0.1) is 0 Å². The van der Waals surface area contributed by atoms with Gasteiger partial charge in [0.2, 0.25) is 17.7 Å². The van der Waals surface area contributed by atoms with Crippen LogP contribution >= 0.6 is 0 Å². The molecule has 0 radical (unpaired) electrons. The number of likely N-dealkylation sites (tertiary alicyclic amines) is 1. The Balaban J connectivity index is 1.88. The number of benzene rings is 1.